The normalized spacial score (nSPS) is 15.2. The summed E-state index contributed by atoms with van der Waals surface area (Å²) in [5.74, 6) is -0.140. The van der Waals surface area contributed by atoms with E-state index in [9.17, 15) is 4.39 Å². The van der Waals surface area contributed by atoms with Crippen LogP contribution in [0.25, 0.3) is 0 Å². The van der Waals surface area contributed by atoms with Crippen molar-refractivity contribution in [3.05, 3.63) is 65.5 Å². The molecule has 1 aliphatic heterocycles. The average Bonchev–Trinajstić information content (AvgIpc) is 2.89. The number of rotatable bonds is 4. The maximum Gasteiger partial charge on any atom is 0.128 e. The van der Waals surface area contributed by atoms with Crippen molar-refractivity contribution in [1.82, 2.24) is 5.32 Å². The van der Waals surface area contributed by atoms with E-state index in [4.69, 9.17) is 0 Å². The van der Waals surface area contributed by atoms with Gasteiger partial charge in [-0.25, -0.2) is 4.39 Å². The fourth-order valence-corrected chi connectivity index (χ4v) is 2.92. The molecule has 0 amide bonds. The highest BCUT2D eigenvalue weighted by molar-refractivity contribution is 5.58. The zero-order valence-electron chi connectivity index (χ0n) is 11.6. The Hall–Kier alpha value is -1.87. The average molecular weight is 270 g/mol. The number of hydrogen-bond donors (Lipinski definition) is 1. The van der Waals surface area contributed by atoms with E-state index in [1.807, 2.05) is 19.2 Å². The number of para-hydroxylation sites is 1. The van der Waals surface area contributed by atoms with Crippen LogP contribution in [0.1, 0.15) is 17.2 Å². The van der Waals surface area contributed by atoms with Crippen molar-refractivity contribution in [2.24, 2.45) is 0 Å². The Labute approximate surface area is 119 Å². The number of nitrogens with one attached hydrogen (secondary N) is 1. The van der Waals surface area contributed by atoms with E-state index in [-0.39, 0.29) is 11.9 Å². The molecule has 1 N–H and O–H groups in total. The van der Waals surface area contributed by atoms with E-state index in [0.717, 1.165) is 25.1 Å². The van der Waals surface area contributed by atoms with E-state index in [0.29, 0.717) is 0 Å². The van der Waals surface area contributed by atoms with Gasteiger partial charge in [0.25, 0.3) is 0 Å². The van der Waals surface area contributed by atoms with Crippen molar-refractivity contribution >= 4 is 5.69 Å². The Kier molecular flexibility index (Phi) is 3.70. The van der Waals surface area contributed by atoms with Gasteiger partial charge in [-0.2, -0.15) is 0 Å². The third kappa shape index (κ3) is 2.41. The van der Waals surface area contributed by atoms with Crippen molar-refractivity contribution in [3.63, 3.8) is 0 Å². The minimum atomic E-state index is -0.140. The monoisotopic (exact) mass is 270 g/mol. The lowest BCUT2D eigenvalue weighted by Gasteiger charge is -2.26. The van der Waals surface area contributed by atoms with Gasteiger partial charge in [-0.15, -0.1) is 0 Å². The van der Waals surface area contributed by atoms with Gasteiger partial charge in [-0.3, -0.25) is 0 Å². The van der Waals surface area contributed by atoms with Gasteiger partial charge in [-0.05, 0) is 31.2 Å². The highest BCUT2D eigenvalue weighted by Crippen LogP contribution is 2.29. The molecule has 0 aromatic heterocycles. The van der Waals surface area contributed by atoms with Crippen molar-refractivity contribution in [3.8, 4) is 0 Å². The molecule has 2 nitrogen and oxygen atoms in total. The lowest BCUT2D eigenvalue weighted by Crippen LogP contribution is -2.33. The van der Waals surface area contributed by atoms with Gasteiger partial charge in [0, 0.05) is 24.3 Å². The smallest absolute Gasteiger partial charge is 0.128 e. The molecule has 0 aliphatic carbocycles. The molecular formula is C17H19FN2. The maximum atomic E-state index is 13.9. The summed E-state index contributed by atoms with van der Waals surface area (Å²) in [5.41, 5.74) is 3.40. The van der Waals surface area contributed by atoms with Crippen LogP contribution in [0.2, 0.25) is 0 Å². The highest BCUT2D eigenvalue weighted by Gasteiger charge is 2.23. The largest absolute Gasteiger partial charge is 0.369 e. The molecule has 1 aliphatic rings. The topological polar surface area (TPSA) is 15.3 Å². The molecule has 0 fully saturated rings. The Morgan fingerprint density at radius 1 is 1.15 bits per heavy atom. The number of likely N-dealkylation sites (N-methyl/N-ethyl adjacent to an activating group) is 1. The van der Waals surface area contributed by atoms with E-state index in [1.165, 1.54) is 17.3 Å². The summed E-state index contributed by atoms with van der Waals surface area (Å²) in [7, 11) is 1.89. The van der Waals surface area contributed by atoms with Crippen LogP contribution < -0.4 is 10.2 Å². The molecule has 1 atom stereocenters. The second kappa shape index (κ2) is 5.63. The van der Waals surface area contributed by atoms with Crippen LogP contribution >= 0.6 is 0 Å². The van der Waals surface area contributed by atoms with Crippen molar-refractivity contribution in [2.45, 2.75) is 12.5 Å². The lowest BCUT2D eigenvalue weighted by molar-refractivity contribution is 0.530. The molecule has 0 saturated heterocycles. The molecule has 20 heavy (non-hydrogen) atoms. The molecule has 3 heteroatoms. The second-order valence-corrected chi connectivity index (χ2v) is 5.19. The van der Waals surface area contributed by atoms with Gasteiger partial charge < -0.3 is 10.2 Å². The van der Waals surface area contributed by atoms with E-state index in [1.54, 1.807) is 6.07 Å². The highest BCUT2D eigenvalue weighted by atomic mass is 19.1. The first-order valence-electron chi connectivity index (χ1n) is 7.04. The van der Waals surface area contributed by atoms with Crippen LogP contribution in [0.5, 0.6) is 0 Å². The minimum Gasteiger partial charge on any atom is -0.369 e. The second-order valence-electron chi connectivity index (χ2n) is 5.19. The first kappa shape index (κ1) is 13.1. The fourth-order valence-electron chi connectivity index (χ4n) is 2.92. The summed E-state index contributed by atoms with van der Waals surface area (Å²) >= 11 is 0. The quantitative estimate of drug-likeness (QED) is 0.918. The number of anilines is 1. The number of nitrogens with zero attached hydrogens (tertiary/aromatic N) is 1. The van der Waals surface area contributed by atoms with Gasteiger partial charge in [0.15, 0.2) is 0 Å². The Morgan fingerprint density at radius 2 is 1.90 bits per heavy atom. The van der Waals surface area contributed by atoms with Crippen LogP contribution in [-0.2, 0) is 6.42 Å². The van der Waals surface area contributed by atoms with Gasteiger partial charge in [0.05, 0.1) is 6.04 Å². The zero-order chi connectivity index (χ0) is 13.9. The predicted molar refractivity (Wildman–Crippen MR) is 80.6 cm³/mol. The summed E-state index contributed by atoms with van der Waals surface area (Å²) < 4.78 is 13.9. The molecule has 2 aromatic rings. The molecule has 3 rings (SSSR count). The SMILES string of the molecule is CNC(CN1CCc2ccccc21)c1ccccc1F. The van der Waals surface area contributed by atoms with Gasteiger partial charge >= 0.3 is 0 Å². The van der Waals surface area contributed by atoms with Crippen molar-refractivity contribution < 1.29 is 4.39 Å². The molecule has 2 aromatic carbocycles. The molecular weight excluding hydrogens is 251 g/mol. The van der Waals surface area contributed by atoms with Crippen LogP contribution in [0.15, 0.2) is 48.5 Å². The Bertz CT molecular complexity index is 597. The van der Waals surface area contributed by atoms with E-state index < -0.39 is 0 Å². The molecule has 0 spiro atoms. The summed E-state index contributed by atoms with van der Waals surface area (Å²) in [6.45, 7) is 1.79. The summed E-state index contributed by atoms with van der Waals surface area (Å²) in [4.78, 5) is 2.34. The summed E-state index contributed by atoms with van der Waals surface area (Å²) in [6.07, 6.45) is 1.07. The first-order chi connectivity index (χ1) is 9.79. The fraction of sp³-hybridized carbons (Fsp3) is 0.294. The number of hydrogen-bond acceptors (Lipinski definition) is 2. The van der Waals surface area contributed by atoms with Crippen LogP contribution in [0, 0.1) is 5.82 Å². The zero-order valence-corrected chi connectivity index (χ0v) is 11.6. The summed E-state index contributed by atoms with van der Waals surface area (Å²) in [6, 6.07) is 15.5. The predicted octanol–water partition coefficient (Wildman–Crippen LogP) is 3.15. The molecule has 1 heterocycles. The maximum absolute atomic E-state index is 13.9. The minimum absolute atomic E-state index is 0.00218. The van der Waals surface area contributed by atoms with Crippen LogP contribution in [0.4, 0.5) is 10.1 Å². The van der Waals surface area contributed by atoms with Gasteiger partial charge in [0.1, 0.15) is 5.82 Å². The van der Waals surface area contributed by atoms with Crippen LogP contribution in [-0.4, -0.2) is 20.1 Å². The third-order valence-electron chi connectivity index (χ3n) is 4.02. The van der Waals surface area contributed by atoms with E-state index in [2.05, 4.69) is 34.5 Å². The van der Waals surface area contributed by atoms with E-state index >= 15 is 0 Å². The first-order valence-corrected chi connectivity index (χ1v) is 7.04. The molecule has 104 valence electrons. The van der Waals surface area contributed by atoms with Crippen LogP contribution in [0.3, 0.4) is 0 Å². The third-order valence-corrected chi connectivity index (χ3v) is 4.02. The van der Waals surface area contributed by atoms with Gasteiger partial charge in [-0.1, -0.05) is 36.4 Å². The Balaban J connectivity index is 1.82. The van der Waals surface area contributed by atoms with Gasteiger partial charge in [0.2, 0.25) is 0 Å². The number of halogens is 1. The standard InChI is InChI=1S/C17H19FN2/c1-19-16(14-7-3-4-8-15(14)18)12-20-11-10-13-6-2-5-9-17(13)20/h2-9,16,19H,10-12H2,1H3. The van der Waals surface area contributed by atoms with Crippen molar-refractivity contribution in [1.29, 1.82) is 0 Å². The lowest BCUT2D eigenvalue weighted by atomic mass is 10.1. The molecule has 0 radical (unpaired) electrons. The molecule has 0 bridgehead atoms. The summed E-state index contributed by atoms with van der Waals surface area (Å²) in [5, 5.41) is 3.24. The molecule has 1 unspecified atom stereocenters. The number of benzene rings is 2. The Morgan fingerprint density at radius 3 is 2.70 bits per heavy atom. The van der Waals surface area contributed by atoms with Crippen molar-refractivity contribution in [2.75, 3.05) is 25.0 Å². The number of fused-ring (bicyclic) bond motifs is 1. The molecule has 0 saturated carbocycles.